The minimum atomic E-state index is 0.158. The van der Waals surface area contributed by atoms with Crippen molar-refractivity contribution < 1.29 is 9.53 Å². The summed E-state index contributed by atoms with van der Waals surface area (Å²) in [5, 5.41) is 4.13. The summed E-state index contributed by atoms with van der Waals surface area (Å²) >= 11 is 0. The predicted octanol–water partition coefficient (Wildman–Crippen LogP) is 4.73. The number of ether oxygens (including phenoxy) is 1. The van der Waals surface area contributed by atoms with Crippen LogP contribution in [0.15, 0.2) is 30.5 Å². The quantitative estimate of drug-likeness (QED) is 0.614. The molecule has 0 spiro atoms. The van der Waals surface area contributed by atoms with Crippen LogP contribution >= 0.6 is 0 Å². The number of nitrogens with one attached hydrogen (secondary N) is 1. The Labute approximate surface area is 181 Å². The fourth-order valence-electron chi connectivity index (χ4n) is 4.12. The number of pyridine rings is 1. The van der Waals surface area contributed by atoms with E-state index < -0.39 is 0 Å². The molecule has 1 saturated heterocycles. The van der Waals surface area contributed by atoms with Crippen molar-refractivity contribution in [2.75, 3.05) is 19.6 Å². The molecule has 5 nitrogen and oxygen atoms in total. The van der Waals surface area contributed by atoms with Crippen LogP contribution in [-0.2, 0) is 11.2 Å². The van der Waals surface area contributed by atoms with E-state index in [2.05, 4.69) is 40.3 Å². The van der Waals surface area contributed by atoms with Crippen molar-refractivity contribution in [3.8, 4) is 5.75 Å². The van der Waals surface area contributed by atoms with Gasteiger partial charge in [-0.05, 0) is 76.3 Å². The van der Waals surface area contributed by atoms with E-state index in [0.29, 0.717) is 6.42 Å². The molecular formula is C25H37N3O2. The summed E-state index contributed by atoms with van der Waals surface area (Å²) in [6.07, 6.45) is 9.11. The smallest absolute Gasteiger partial charge is 0.220 e. The van der Waals surface area contributed by atoms with Gasteiger partial charge in [0.15, 0.2) is 0 Å². The van der Waals surface area contributed by atoms with E-state index in [-0.39, 0.29) is 18.1 Å². The van der Waals surface area contributed by atoms with Crippen LogP contribution in [0.4, 0.5) is 0 Å². The van der Waals surface area contributed by atoms with Gasteiger partial charge in [0, 0.05) is 37.1 Å². The van der Waals surface area contributed by atoms with Crippen molar-refractivity contribution in [3.05, 3.63) is 36.0 Å². The first-order valence-electron chi connectivity index (χ1n) is 11.6. The zero-order valence-corrected chi connectivity index (χ0v) is 18.8. The number of benzene rings is 1. The molecule has 164 valence electrons. The summed E-state index contributed by atoms with van der Waals surface area (Å²) in [7, 11) is 0. The fraction of sp³-hybridized carbons (Fsp3) is 0.600. The van der Waals surface area contributed by atoms with Crippen LogP contribution in [0.1, 0.15) is 64.9 Å². The molecule has 1 aromatic heterocycles. The Hall–Kier alpha value is -2.14. The number of aromatic nitrogens is 1. The summed E-state index contributed by atoms with van der Waals surface area (Å²) in [4.78, 5) is 18.8. The van der Waals surface area contributed by atoms with Crippen molar-refractivity contribution in [1.82, 2.24) is 15.2 Å². The minimum absolute atomic E-state index is 0.158. The van der Waals surface area contributed by atoms with Gasteiger partial charge in [0.1, 0.15) is 17.4 Å². The highest BCUT2D eigenvalue weighted by Crippen LogP contribution is 2.29. The van der Waals surface area contributed by atoms with Gasteiger partial charge >= 0.3 is 0 Å². The number of likely N-dealkylation sites (tertiary alicyclic amines) is 1. The molecule has 1 aliphatic rings. The molecule has 2 heterocycles. The molecule has 1 N–H and O–H groups in total. The summed E-state index contributed by atoms with van der Waals surface area (Å²) in [6, 6.07) is 8.79. The van der Waals surface area contributed by atoms with Crippen LogP contribution in [0.3, 0.4) is 0 Å². The van der Waals surface area contributed by atoms with Gasteiger partial charge in [-0.15, -0.1) is 0 Å². The van der Waals surface area contributed by atoms with E-state index in [9.17, 15) is 4.79 Å². The zero-order chi connectivity index (χ0) is 21.3. The largest absolute Gasteiger partial charge is 0.488 e. The van der Waals surface area contributed by atoms with Gasteiger partial charge in [0.2, 0.25) is 5.91 Å². The Bertz CT molecular complexity index is 813. The first-order chi connectivity index (χ1) is 14.5. The lowest BCUT2D eigenvalue weighted by Gasteiger charge is -2.32. The van der Waals surface area contributed by atoms with E-state index >= 15 is 0 Å². The van der Waals surface area contributed by atoms with Gasteiger partial charge in [0.25, 0.3) is 0 Å². The first-order valence-corrected chi connectivity index (χ1v) is 11.6. The Morgan fingerprint density at radius 2 is 2.07 bits per heavy atom. The van der Waals surface area contributed by atoms with E-state index in [1.165, 1.54) is 23.8 Å². The third-order valence-corrected chi connectivity index (χ3v) is 5.70. The number of nitrogens with zero attached hydrogens (tertiary/aromatic N) is 2. The standard InChI is InChI=1S/C25H37N3O2/c1-4-5-8-20-17-21-9-6-13-26-25(21)23(18-20)30-22-11-15-28(16-12-22)14-7-10-24(29)27-19(2)3/h6,9,13,17-19,22H,4-5,7-8,10-12,14-16H2,1-3H3,(H,27,29). The third kappa shape index (κ3) is 6.69. The second kappa shape index (κ2) is 11.3. The summed E-state index contributed by atoms with van der Waals surface area (Å²) in [5.74, 6) is 1.09. The molecule has 3 rings (SSSR count). The number of hydrogen-bond donors (Lipinski definition) is 1. The molecule has 1 fully saturated rings. The van der Waals surface area contributed by atoms with Crippen LogP contribution < -0.4 is 10.1 Å². The molecule has 0 aliphatic carbocycles. The van der Waals surface area contributed by atoms with Crippen LogP contribution in [0.25, 0.3) is 10.9 Å². The monoisotopic (exact) mass is 411 g/mol. The van der Waals surface area contributed by atoms with Gasteiger partial charge in [-0.3, -0.25) is 9.78 Å². The number of amides is 1. The number of rotatable bonds is 10. The summed E-state index contributed by atoms with van der Waals surface area (Å²) in [5.41, 5.74) is 2.31. The van der Waals surface area contributed by atoms with Crippen molar-refractivity contribution in [3.63, 3.8) is 0 Å². The van der Waals surface area contributed by atoms with E-state index in [1.54, 1.807) is 0 Å². The van der Waals surface area contributed by atoms with Crippen LogP contribution in [0.2, 0.25) is 0 Å². The molecule has 0 bridgehead atoms. The molecule has 0 atom stereocenters. The Morgan fingerprint density at radius 3 is 2.80 bits per heavy atom. The van der Waals surface area contributed by atoms with E-state index in [1.807, 2.05) is 26.1 Å². The van der Waals surface area contributed by atoms with Crippen molar-refractivity contribution in [2.45, 2.75) is 77.9 Å². The van der Waals surface area contributed by atoms with Crippen LogP contribution in [-0.4, -0.2) is 47.6 Å². The number of piperidine rings is 1. The number of fused-ring (bicyclic) bond motifs is 1. The Kier molecular flexibility index (Phi) is 8.50. The van der Waals surface area contributed by atoms with E-state index in [4.69, 9.17) is 4.74 Å². The highest BCUT2D eigenvalue weighted by molar-refractivity contribution is 5.85. The second-order valence-corrected chi connectivity index (χ2v) is 8.76. The molecule has 0 saturated carbocycles. The molecule has 30 heavy (non-hydrogen) atoms. The normalized spacial score (nSPS) is 15.6. The lowest BCUT2D eigenvalue weighted by Crippen LogP contribution is -2.39. The highest BCUT2D eigenvalue weighted by atomic mass is 16.5. The number of aryl methyl sites for hydroxylation is 1. The topological polar surface area (TPSA) is 54.5 Å². The molecule has 1 amide bonds. The average molecular weight is 412 g/mol. The lowest BCUT2D eigenvalue weighted by atomic mass is 10.0. The molecule has 5 heteroatoms. The van der Waals surface area contributed by atoms with Gasteiger partial charge in [-0.25, -0.2) is 0 Å². The van der Waals surface area contributed by atoms with Gasteiger partial charge in [0.05, 0.1) is 0 Å². The number of unbranched alkanes of at least 4 members (excludes halogenated alkanes) is 1. The molecule has 0 unspecified atom stereocenters. The maximum absolute atomic E-state index is 11.8. The van der Waals surface area contributed by atoms with Crippen molar-refractivity contribution in [1.29, 1.82) is 0 Å². The molecule has 2 aromatic rings. The number of hydrogen-bond acceptors (Lipinski definition) is 4. The first kappa shape index (κ1) is 22.5. The van der Waals surface area contributed by atoms with Crippen LogP contribution in [0.5, 0.6) is 5.75 Å². The average Bonchev–Trinajstić information content (AvgIpc) is 2.73. The maximum Gasteiger partial charge on any atom is 0.220 e. The SMILES string of the molecule is CCCCc1cc(OC2CCN(CCCC(=O)NC(C)C)CC2)c2ncccc2c1. The molecule has 1 aromatic carbocycles. The second-order valence-electron chi connectivity index (χ2n) is 8.76. The number of carbonyl (C=O) groups excluding carboxylic acids is 1. The Morgan fingerprint density at radius 1 is 1.27 bits per heavy atom. The molecular weight excluding hydrogens is 374 g/mol. The molecule has 0 radical (unpaired) electrons. The van der Waals surface area contributed by atoms with Crippen molar-refractivity contribution >= 4 is 16.8 Å². The zero-order valence-electron chi connectivity index (χ0n) is 18.8. The van der Waals surface area contributed by atoms with Gasteiger partial charge in [-0.1, -0.05) is 19.4 Å². The van der Waals surface area contributed by atoms with E-state index in [0.717, 1.165) is 56.6 Å². The van der Waals surface area contributed by atoms with Crippen LogP contribution in [0, 0.1) is 0 Å². The third-order valence-electron chi connectivity index (χ3n) is 5.70. The minimum Gasteiger partial charge on any atom is -0.488 e. The lowest BCUT2D eigenvalue weighted by molar-refractivity contribution is -0.121. The summed E-state index contributed by atoms with van der Waals surface area (Å²) < 4.78 is 6.47. The van der Waals surface area contributed by atoms with Gasteiger partial charge < -0.3 is 15.0 Å². The Balaban J connectivity index is 1.52. The highest BCUT2D eigenvalue weighted by Gasteiger charge is 2.21. The number of carbonyl (C=O) groups is 1. The fourth-order valence-corrected chi connectivity index (χ4v) is 4.12. The van der Waals surface area contributed by atoms with Crippen molar-refractivity contribution in [2.24, 2.45) is 0 Å². The summed E-state index contributed by atoms with van der Waals surface area (Å²) in [6.45, 7) is 9.26. The predicted molar refractivity (Wildman–Crippen MR) is 123 cm³/mol. The van der Waals surface area contributed by atoms with Gasteiger partial charge in [-0.2, -0.15) is 0 Å². The molecule has 1 aliphatic heterocycles. The maximum atomic E-state index is 11.8.